The molecule has 2 aromatic rings. The van der Waals surface area contributed by atoms with Gasteiger partial charge in [-0.1, -0.05) is 41.1 Å². The van der Waals surface area contributed by atoms with Crippen LogP contribution in [0.25, 0.3) is 0 Å². The predicted octanol–water partition coefficient (Wildman–Crippen LogP) is 2.99. The number of hydrogen-bond acceptors (Lipinski definition) is 5. The van der Waals surface area contributed by atoms with E-state index in [1.54, 1.807) is 18.5 Å². The number of rotatable bonds is 9. The summed E-state index contributed by atoms with van der Waals surface area (Å²) >= 11 is 0. The van der Waals surface area contributed by atoms with Crippen LogP contribution in [0.3, 0.4) is 0 Å². The number of hydrogen-bond donors (Lipinski definition) is 1. The minimum Gasteiger partial charge on any atom is -0.479 e. The number of carboxylic acid groups (broad SMARTS) is 1. The molecular formula is C18H20N2O4. The Kier molecular flexibility index (Phi) is 6.76. The van der Waals surface area contributed by atoms with Crippen LogP contribution in [-0.4, -0.2) is 28.9 Å². The number of benzene rings is 1. The van der Waals surface area contributed by atoms with Crippen molar-refractivity contribution in [3.8, 4) is 5.88 Å². The molecule has 2 rings (SSSR count). The molecule has 0 amide bonds. The smallest absolute Gasteiger partial charge is 0.341 e. The van der Waals surface area contributed by atoms with E-state index >= 15 is 0 Å². The van der Waals surface area contributed by atoms with E-state index in [9.17, 15) is 4.79 Å². The third-order valence-corrected chi connectivity index (χ3v) is 3.20. The molecule has 0 saturated heterocycles. The van der Waals surface area contributed by atoms with Crippen molar-refractivity contribution in [3.05, 3.63) is 59.3 Å². The quantitative estimate of drug-likeness (QED) is 0.565. The van der Waals surface area contributed by atoms with E-state index < -0.39 is 12.6 Å². The molecule has 0 bridgehead atoms. The third-order valence-electron chi connectivity index (χ3n) is 3.20. The molecule has 6 nitrogen and oxygen atoms in total. The lowest BCUT2D eigenvalue weighted by Crippen LogP contribution is -2.10. The molecule has 0 saturated carbocycles. The fourth-order valence-corrected chi connectivity index (χ4v) is 1.91. The number of nitrogens with zero attached hydrogens (tertiary/aromatic N) is 2. The van der Waals surface area contributed by atoms with E-state index in [0.717, 1.165) is 24.0 Å². The predicted molar refractivity (Wildman–Crippen MR) is 90.1 cm³/mol. The molecule has 0 radical (unpaired) electrons. The van der Waals surface area contributed by atoms with Gasteiger partial charge in [-0.2, -0.15) is 0 Å². The van der Waals surface area contributed by atoms with Crippen molar-refractivity contribution in [1.29, 1.82) is 0 Å². The summed E-state index contributed by atoms with van der Waals surface area (Å²) in [6.07, 6.45) is 4.88. The van der Waals surface area contributed by atoms with Gasteiger partial charge in [0.25, 0.3) is 0 Å². The summed E-state index contributed by atoms with van der Waals surface area (Å²) in [6.45, 7) is 2.10. The minimum absolute atomic E-state index is 0.302. The Bertz CT molecular complexity index is 666. The second-order valence-electron chi connectivity index (χ2n) is 5.27. The largest absolute Gasteiger partial charge is 0.479 e. The zero-order chi connectivity index (χ0) is 17.2. The van der Waals surface area contributed by atoms with Gasteiger partial charge in [-0.05, 0) is 30.9 Å². The highest BCUT2D eigenvalue weighted by atomic mass is 16.6. The Morgan fingerprint density at radius 1 is 1.21 bits per heavy atom. The van der Waals surface area contributed by atoms with Gasteiger partial charge in [-0.25, -0.2) is 9.78 Å². The van der Waals surface area contributed by atoms with Crippen molar-refractivity contribution in [1.82, 2.24) is 4.98 Å². The van der Waals surface area contributed by atoms with Crippen molar-refractivity contribution in [2.45, 2.75) is 26.4 Å². The molecule has 6 heteroatoms. The topological polar surface area (TPSA) is 81.0 Å². The van der Waals surface area contributed by atoms with Crippen LogP contribution >= 0.6 is 0 Å². The van der Waals surface area contributed by atoms with Gasteiger partial charge in [-0.15, -0.1) is 0 Å². The number of carbonyl (C=O) groups is 1. The molecule has 1 aromatic heterocycles. The zero-order valence-electron chi connectivity index (χ0n) is 13.5. The first kappa shape index (κ1) is 17.5. The van der Waals surface area contributed by atoms with Crippen molar-refractivity contribution >= 4 is 12.2 Å². The highest BCUT2D eigenvalue weighted by Gasteiger charge is 2.00. The Labute approximate surface area is 140 Å². The molecule has 1 aromatic carbocycles. The molecule has 0 atom stereocenters. The van der Waals surface area contributed by atoms with Gasteiger partial charge >= 0.3 is 5.97 Å². The average Bonchev–Trinajstić information content (AvgIpc) is 2.58. The van der Waals surface area contributed by atoms with Crippen LogP contribution in [0.15, 0.2) is 47.8 Å². The number of carboxylic acids is 1. The molecule has 126 valence electrons. The summed E-state index contributed by atoms with van der Waals surface area (Å²) in [7, 11) is 0. The standard InChI is InChI=1S/C18H20N2O4/c1-14-4-6-16(7-5-14)12-24-20-10-2-3-15-8-9-17(19-11-15)23-13-18(21)22/h4-11H,2-3,12-13H2,1H3,(H,21,22). The Hall–Kier alpha value is -2.89. The summed E-state index contributed by atoms with van der Waals surface area (Å²) < 4.78 is 4.97. The van der Waals surface area contributed by atoms with Gasteiger partial charge in [0.15, 0.2) is 6.61 Å². The van der Waals surface area contributed by atoms with Crippen molar-refractivity contribution in [2.75, 3.05) is 6.61 Å². The van der Waals surface area contributed by atoms with Crippen molar-refractivity contribution < 1.29 is 19.5 Å². The number of aryl methyl sites for hydroxylation is 2. The fraction of sp³-hybridized carbons (Fsp3) is 0.278. The fourth-order valence-electron chi connectivity index (χ4n) is 1.91. The van der Waals surface area contributed by atoms with E-state index in [1.807, 2.05) is 37.3 Å². The first-order valence-electron chi connectivity index (χ1n) is 7.62. The van der Waals surface area contributed by atoms with E-state index in [1.165, 1.54) is 5.56 Å². The molecule has 0 unspecified atom stereocenters. The number of ether oxygens (including phenoxy) is 1. The van der Waals surface area contributed by atoms with E-state index in [4.69, 9.17) is 14.7 Å². The second-order valence-corrected chi connectivity index (χ2v) is 5.27. The van der Waals surface area contributed by atoms with Gasteiger partial charge in [0.1, 0.15) is 6.61 Å². The zero-order valence-corrected chi connectivity index (χ0v) is 13.5. The Morgan fingerprint density at radius 2 is 1.96 bits per heavy atom. The van der Waals surface area contributed by atoms with Crippen LogP contribution in [0.5, 0.6) is 5.88 Å². The van der Waals surface area contributed by atoms with Crippen molar-refractivity contribution in [2.24, 2.45) is 5.16 Å². The molecule has 24 heavy (non-hydrogen) atoms. The third kappa shape index (κ3) is 6.48. The maximum Gasteiger partial charge on any atom is 0.341 e. The summed E-state index contributed by atoms with van der Waals surface area (Å²) in [6, 6.07) is 11.6. The summed E-state index contributed by atoms with van der Waals surface area (Å²) in [5.41, 5.74) is 3.32. The average molecular weight is 328 g/mol. The van der Waals surface area contributed by atoms with Gasteiger partial charge in [0.05, 0.1) is 0 Å². The van der Waals surface area contributed by atoms with Gasteiger partial charge in [-0.3, -0.25) is 0 Å². The Balaban J connectivity index is 1.66. The monoisotopic (exact) mass is 328 g/mol. The molecule has 0 aliphatic heterocycles. The maximum absolute atomic E-state index is 10.4. The van der Waals surface area contributed by atoms with Crippen LogP contribution in [-0.2, 0) is 22.7 Å². The van der Waals surface area contributed by atoms with Crippen LogP contribution in [0, 0.1) is 6.92 Å². The molecule has 0 spiro atoms. The van der Waals surface area contributed by atoms with Crippen LogP contribution in [0.1, 0.15) is 23.1 Å². The molecule has 0 aliphatic carbocycles. The number of aliphatic carboxylic acids is 1. The lowest BCUT2D eigenvalue weighted by atomic mass is 10.2. The minimum atomic E-state index is -1.03. The molecule has 1 heterocycles. The normalized spacial score (nSPS) is 10.7. The molecular weight excluding hydrogens is 308 g/mol. The first-order chi connectivity index (χ1) is 11.6. The molecule has 1 N–H and O–H groups in total. The van der Waals surface area contributed by atoms with Crippen LogP contribution in [0.4, 0.5) is 0 Å². The maximum atomic E-state index is 10.4. The van der Waals surface area contributed by atoms with Crippen molar-refractivity contribution in [3.63, 3.8) is 0 Å². The van der Waals surface area contributed by atoms with E-state index in [0.29, 0.717) is 12.5 Å². The molecule has 0 aliphatic rings. The van der Waals surface area contributed by atoms with Crippen LogP contribution < -0.4 is 4.74 Å². The highest BCUT2D eigenvalue weighted by molar-refractivity contribution is 5.68. The molecule has 0 fully saturated rings. The number of pyridine rings is 1. The van der Waals surface area contributed by atoms with E-state index in [-0.39, 0.29) is 0 Å². The van der Waals surface area contributed by atoms with Gasteiger partial charge in [0, 0.05) is 18.5 Å². The van der Waals surface area contributed by atoms with E-state index in [2.05, 4.69) is 10.1 Å². The number of aromatic nitrogens is 1. The first-order valence-corrected chi connectivity index (χ1v) is 7.62. The lowest BCUT2D eigenvalue weighted by molar-refractivity contribution is -0.139. The van der Waals surface area contributed by atoms with Gasteiger partial charge in [0.2, 0.25) is 5.88 Å². The van der Waals surface area contributed by atoms with Gasteiger partial charge < -0.3 is 14.7 Å². The highest BCUT2D eigenvalue weighted by Crippen LogP contribution is 2.09. The summed E-state index contributed by atoms with van der Waals surface area (Å²) in [4.78, 5) is 19.7. The van der Waals surface area contributed by atoms with Crippen LogP contribution in [0.2, 0.25) is 0 Å². The second kappa shape index (κ2) is 9.29. The summed E-state index contributed by atoms with van der Waals surface area (Å²) in [5.74, 6) is -0.723. The number of oxime groups is 1. The Morgan fingerprint density at radius 3 is 2.62 bits per heavy atom. The SMILES string of the molecule is Cc1ccc(CON=CCCc2ccc(OCC(=O)O)nc2)cc1. The lowest BCUT2D eigenvalue weighted by Gasteiger charge is -2.03. The summed E-state index contributed by atoms with van der Waals surface area (Å²) in [5, 5.41) is 12.5.